The summed E-state index contributed by atoms with van der Waals surface area (Å²) in [6.45, 7) is 1.78. The van der Waals surface area contributed by atoms with Crippen molar-refractivity contribution in [3.63, 3.8) is 0 Å². The SMILES string of the molecule is CCC(c1ccccc1OC)[Si](F)F. The quantitative estimate of drug-likeness (QED) is 0.554. The van der Waals surface area contributed by atoms with Gasteiger partial charge in [-0.3, -0.25) is 8.22 Å². The van der Waals surface area contributed by atoms with Crippen molar-refractivity contribution in [3.8, 4) is 5.75 Å². The van der Waals surface area contributed by atoms with Crippen LogP contribution in [0.2, 0.25) is 0 Å². The molecule has 0 aliphatic heterocycles. The summed E-state index contributed by atoms with van der Waals surface area (Å²) in [6, 6.07) is 7.00. The molecule has 0 bridgehead atoms. The molecule has 0 saturated carbocycles. The highest BCUT2D eigenvalue weighted by Gasteiger charge is 2.28. The van der Waals surface area contributed by atoms with E-state index in [2.05, 4.69) is 0 Å². The van der Waals surface area contributed by atoms with Gasteiger partial charge in [-0.05, 0) is 18.1 Å². The zero-order valence-corrected chi connectivity index (χ0v) is 9.26. The van der Waals surface area contributed by atoms with E-state index in [1.54, 1.807) is 31.2 Å². The molecule has 0 spiro atoms. The van der Waals surface area contributed by atoms with Gasteiger partial charge in [0.1, 0.15) is 5.75 Å². The lowest BCUT2D eigenvalue weighted by Crippen LogP contribution is -2.13. The fraction of sp³-hybridized carbons (Fsp3) is 0.400. The van der Waals surface area contributed by atoms with Crippen LogP contribution in [-0.2, 0) is 0 Å². The van der Waals surface area contributed by atoms with Gasteiger partial charge in [0.15, 0.2) is 0 Å². The van der Waals surface area contributed by atoms with Crippen LogP contribution in [0.5, 0.6) is 5.75 Å². The Bertz CT molecular complexity index is 291. The molecule has 0 aliphatic carbocycles. The summed E-state index contributed by atoms with van der Waals surface area (Å²) >= 11 is 0. The van der Waals surface area contributed by atoms with E-state index in [4.69, 9.17) is 4.74 Å². The van der Waals surface area contributed by atoms with Gasteiger partial charge >= 0.3 is 9.46 Å². The van der Waals surface area contributed by atoms with Crippen LogP contribution >= 0.6 is 0 Å². The highest BCUT2D eigenvalue weighted by atomic mass is 28.4. The lowest BCUT2D eigenvalue weighted by atomic mass is 10.1. The maximum absolute atomic E-state index is 12.7. The maximum Gasteiger partial charge on any atom is 0.484 e. The molecule has 0 amide bonds. The van der Waals surface area contributed by atoms with Crippen LogP contribution in [0.4, 0.5) is 8.22 Å². The van der Waals surface area contributed by atoms with Crippen molar-refractivity contribution in [2.45, 2.75) is 18.9 Å². The fourth-order valence-corrected chi connectivity index (χ4v) is 2.23. The third-order valence-corrected chi connectivity index (χ3v) is 3.43. The van der Waals surface area contributed by atoms with Gasteiger partial charge in [-0.25, -0.2) is 0 Å². The number of ether oxygens (including phenoxy) is 1. The minimum atomic E-state index is -3.29. The Morgan fingerprint density at radius 3 is 2.50 bits per heavy atom. The van der Waals surface area contributed by atoms with E-state index in [-0.39, 0.29) is 0 Å². The molecule has 1 rings (SSSR count). The van der Waals surface area contributed by atoms with Crippen molar-refractivity contribution in [2.75, 3.05) is 7.11 Å². The second-order valence-corrected chi connectivity index (χ2v) is 4.27. The zero-order valence-electron chi connectivity index (χ0n) is 8.26. The number of para-hydroxylation sites is 1. The molecule has 1 nitrogen and oxygen atoms in total. The molecule has 1 atom stereocenters. The molecule has 4 heteroatoms. The first-order valence-corrected chi connectivity index (χ1v) is 5.84. The predicted octanol–water partition coefficient (Wildman–Crippen LogP) is 3.16. The summed E-state index contributed by atoms with van der Waals surface area (Å²) in [5.41, 5.74) is 0.00698. The highest BCUT2D eigenvalue weighted by Crippen LogP contribution is 2.31. The van der Waals surface area contributed by atoms with E-state index in [9.17, 15) is 8.22 Å². The van der Waals surface area contributed by atoms with E-state index < -0.39 is 15.0 Å². The molecular weight excluding hydrogens is 202 g/mol. The molecular formula is C10H13F2OSi. The van der Waals surface area contributed by atoms with E-state index in [0.717, 1.165) is 0 Å². The number of hydrogen-bond donors (Lipinski definition) is 0. The number of hydrogen-bond acceptors (Lipinski definition) is 1. The van der Waals surface area contributed by atoms with Crippen molar-refractivity contribution >= 4 is 9.46 Å². The van der Waals surface area contributed by atoms with Crippen LogP contribution < -0.4 is 4.74 Å². The molecule has 1 aromatic rings. The zero-order chi connectivity index (χ0) is 10.6. The Labute approximate surface area is 84.7 Å². The van der Waals surface area contributed by atoms with Crippen LogP contribution in [0.1, 0.15) is 24.4 Å². The summed E-state index contributed by atoms with van der Waals surface area (Å²) in [5, 5.41) is 0. The molecule has 0 fully saturated rings. The van der Waals surface area contributed by atoms with Crippen molar-refractivity contribution in [2.24, 2.45) is 0 Å². The van der Waals surface area contributed by atoms with E-state index in [1.807, 2.05) is 0 Å². The molecule has 0 saturated heterocycles. The minimum Gasteiger partial charge on any atom is -0.496 e. The molecule has 0 aliphatic rings. The number of methoxy groups -OCH3 is 1. The Morgan fingerprint density at radius 2 is 2.00 bits per heavy atom. The predicted molar refractivity (Wildman–Crippen MR) is 54.0 cm³/mol. The van der Waals surface area contributed by atoms with Crippen molar-refractivity contribution in [3.05, 3.63) is 29.8 Å². The van der Waals surface area contributed by atoms with Gasteiger partial charge in [-0.15, -0.1) is 0 Å². The smallest absolute Gasteiger partial charge is 0.484 e. The van der Waals surface area contributed by atoms with Gasteiger partial charge in [0.05, 0.1) is 7.11 Å². The van der Waals surface area contributed by atoms with Crippen LogP contribution in [0, 0.1) is 0 Å². The van der Waals surface area contributed by atoms with E-state index in [1.165, 1.54) is 7.11 Å². The van der Waals surface area contributed by atoms with Crippen LogP contribution in [-0.4, -0.2) is 16.6 Å². The monoisotopic (exact) mass is 215 g/mol. The molecule has 77 valence electrons. The Hall–Kier alpha value is -0.903. The molecule has 1 aromatic carbocycles. The van der Waals surface area contributed by atoms with Gasteiger partial charge in [-0.2, -0.15) is 0 Å². The summed E-state index contributed by atoms with van der Waals surface area (Å²) < 4.78 is 30.6. The summed E-state index contributed by atoms with van der Waals surface area (Å²) in [7, 11) is -1.78. The highest BCUT2D eigenvalue weighted by molar-refractivity contribution is 6.45. The van der Waals surface area contributed by atoms with Crippen LogP contribution in [0.25, 0.3) is 0 Å². The molecule has 1 unspecified atom stereocenters. The van der Waals surface area contributed by atoms with Gasteiger partial charge in [-0.1, -0.05) is 25.1 Å². The van der Waals surface area contributed by atoms with Gasteiger partial charge in [0.25, 0.3) is 0 Å². The minimum absolute atomic E-state index is 0.460. The second kappa shape index (κ2) is 5.10. The fourth-order valence-electron chi connectivity index (χ4n) is 1.45. The molecule has 1 radical (unpaired) electrons. The van der Waals surface area contributed by atoms with Gasteiger partial charge < -0.3 is 4.74 Å². The van der Waals surface area contributed by atoms with Crippen molar-refractivity contribution in [1.82, 2.24) is 0 Å². The van der Waals surface area contributed by atoms with Crippen LogP contribution in [0.15, 0.2) is 24.3 Å². The number of halogens is 2. The largest absolute Gasteiger partial charge is 0.496 e. The molecule has 0 aromatic heterocycles. The topological polar surface area (TPSA) is 9.23 Å². The standard InChI is InChI=1S/C10H13F2OSi/c1-3-10(14(11)12)8-6-4-5-7-9(8)13-2/h4-7,10H,3H2,1-2H3. The molecule has 0 heterocycles. The molecule has 0 N–H and O–H groups in total. The summed E-state index contributed by atoms with van der Waals surface area (Å²) in [6.07, 6.45) is 0.460. The van der Waals surface area contributed by atoms with Gasteiger partial charge in [0, 0.05) is 5.54 Å². The third kappa shape index (κ3) is 2.32. The maximum atomic E-state index is 12.7. The average Bonchev–Trinajstić information content (AvgIpc) is 2.19. The number of rotatable bonds is 4. The first-order chi connectivity index (χ1) is 6.70. The first-order valence-electron chi connectivity index (χ1n) is 4.51. The van der Waals surface area contributed by atoms with Crippen molar-refractivity contribution < 1.29 is 13.0 Å². The Morgan fingerprint density at radius 1 is 1.36 bits per heavy atom. The number of benzene rings is 1. The first kappa shape index (κ1) is 11.2. The summed E-state index contributed by atoms with van der Waals surface area (Å²) in [4.78, 5) is 0. The lowest BCUT2D eigenvalue weighted by molar-refractivity contribution is 0.407. The van der Waals surface area contributed by atoms with Crippen LogP contribution in [0.3, 0.4) is 0 Å². The Balaban J connectivity index is 3.02. The molecule has 14 heavy (non-hydrogen) atoms. The van der Waals surface area contributed by atoms with E-state index in [0.29, 0.717) is 17.7 Å². The van der Waals surface area contributed by atoms with E-state index >= 15 is 0 Å². The Kier molecular flexibility index (Phi) is 4.07. The lowest BCUT2D eigenvalue weighted by Gasteiger charge is -2.15. The van der Waals surface area contributed by atoms with Gasteiger partial charge in [0.2, 0.25) is 0 Å². The normalized spacial score (nSPS) is 12.9. The third-order valence-electron chi connectivity index (χ3n) is 2.19. The average molecular weight is 215 g/mol. The second-order valence-electron chi connectivity index (χ2n) is 2.99. The summed E-state index contributed by atoms with van der Waals surface area (Å²) in [5.74, 6) is 0.567. The van der Waals surface area contributed by atoms with Crippen molar-refractivity contribution in [1.29, 1.82) is 0 Å².